The Morgan fingerprint density at radius 3 is 2.76 bits per heavy atom. The number of hydrogen-bond donors (Lipinski definition) is 1. The van der Waals surface area contributed by atoms with Gasteiger partial charge in [0.1, 0.15) is 0 Å². The summed E-state index contributed by atoms with van der Waals surface area (Å²) in [5.41, 5.74) is 2.09. The number of nitrogens with zero attached hydrogens (tertiary/aromatic N) is 2. The normalized spacial score (nSPS) is 10.6. The second-order valence-corrected chi connectivity index (χ2v) is 5.07. The fourth-order valence-electron chi connectivity index (χ4n) is 1.91. The van der Waals surface area contributed by atoms with Gasteiger partial charge in [-0.05, 0) is 43.1 Å². The average Bonchev–Trinajstić information content (AvgIpc) is 2.52. The molecule has 0 aliphatic heterocycles. The molecule has 0 radical (unpaired) electrons. The molecular formula is C16H20ClN3O. The molecule has 2 rings (SSSR count). The molecule has 5 heteroatoms. The molecular weight excluding hydrogens is 286 g/mol. The van der Waals surface area contributed by atoms with Gasteiger partial charge in [0.15, 0.2) is 0 Å². The van der Waals surface area contributed by atoms with Crippen LogP contribution in [-0.2, 0) is 13.0 Å². The maximum absolute atomic E-state index is 6.11. The molecule has 2 aromatic rings. The van der Waals surface area contributed by atoms with E-state index in [0.717, 1.165) is 25.1 Å². The predicted octanol–water partition coefficient (Wildman–Crippen LogP) is 3.25. The maximum Gasteiger partial charge on any atom is 0.213 e. The number of aryl methyl sites for hydroxylation is 1. The van der Waals surface area contributed by atoms with Crippen LogP contribution in [0.2, 0.25) is 5.02 Å². The lowest BCUT2D eigenvalue weighted by Gasteiger charge is -2.09. The summed E-state index contributed by atoms with van der Waals surface area (Å²) >= 11 is 6.11. The molecule has 0 atom stereocenters. The molecule has 0 amide bonds. The molecule has 0 aliphatic rings. The summed E-state index contributed by atoms with van der Waals surface area (Å²) in [7, 11) is 0. The van der Waals surface area contributed by atoms with E-state index in [2.05, 4.69) is 15.3 Å². The third-order valence-corrected chi connectivity index (χ3v) is 3.39. The molecule has 0 spiro atoms. The third-order valence-electron chi connectivity index (χ3n) is 3.04. The van der Waals surface area contributed by atoms with Gasteiger partial charge in [-0.3, -0.25) is 4.98 Å². The van der Waals surface area contributed by atoms with Crippen molar-refractivity contribution in [3.05, 3.63) is 52.9 Å². The molecule has 0 aromatic carbocycles. The van der Waals surface area contributed by atoms with Crippen LogP contribution in [0.3, 0.4) is 0 Å². The highest BCUT2D eigenvalue weighted by Gasteiger charge is 2.04. The first kappa shape index (κ1) is 15.7. The van der Waals surface area contributed by atoms with Crippen molar-refractivity contribution in [2.45, 2.75) is 26.3 Å². The minimum Gasteiger partial charge on any atom is -0.478 e. The summed E-state index contributed by atoms with van der Waals surface area (Å²) < 4.78 is 5.69. The number of halogens is 1. The van der Waals surface area contributed by atoms with E-state index < -0.39 is 0 Å². The Hall–Kier alpha value is -1.65. The molecule has 0 aliphatic carbocycles. The standard InChI is InChI=1S/C16H20ClN3O/c1-2-18-12-15-14(17)5-6-16(20-15)21-11-3-4-13-7-9-19-10-8-13/h5-10,18H,2-4,11-12H2,1H3. The van der Waals surface area contributed by atoms with E-state index in [4.69, 9.17) is 16.3 Å². The van der Waals surface area contributed by atoms with E-state index in [9.17, 15) is 0 Å². The fraction of sp³-hybridized carbons (Fsp3) is 0.375. The van der Waals surface area contributed by atoms with Crippen LogP contribution in [0.5, 0.6) is 5.88 Å². The molecule has 4 nitrogen and oxygen atoms in total. The van der Waals surface area contributed by atoms with Gasteiger partial charge >= 0.3 is 0 Å². The van der Waals surface area contributed by atoms with Gasteiger partial charge in [0.05, 0.1) is 17.3 Å². The van der Waals surface area contributed by atoms with E-state index in [0.29, 0.717) is 24.1 Å². The van der Waals surface area contributed by atoms with Gasteiger partial charge in [-0.25, -0.2) is 4.98 Å². The Kier molecular flexibility index (Phi) is 6.44. The van der Waals surface area contributed by atoms with E-state index in [-0.39, 0.29) is 0 Å². The molecule has 0 fully saturated rings. The average molecular weight is 306 g/mol. The summed E-state index contributed by atoms with van der Waals surface area (Å²) in [6.07, 6.45) is 5.53. The van der Waals surface area contributed by atoms with Gasteiger partial charge in [-0.1, -0.05) is 18.5 Å². The van der Waals surface area contributed by atoms with Crippen LogP contribution in [0.15, 0.2) is 36.7 Å². The van der Waals surface area contributed by atoms with Crippen LogP contribution in [0.25, 0.3) is 0 Å². The zero-order valence-electron chi connectivity index (χ0n) is 12.2. The molecule has 2 heterocycles. The summed E-state index contributed by atoms with van der Waals surface area (Å²) in [6.45, 7) is 4.23. The van der Waals surface area contributed by atoms with Crippen LogP contribution < -0.4 is 10.1 Å². The Balaban J connectivity index is 1.80. The maximum atomic E-state index is 6.11. The lowest BCUT2D eigenvalue weighted by molar-refractivity contribution is 0.298. The quantitative estimate of drug-likeness (QED) is 0.761. The molecule has 21 heavy (non-hydrogen) atoms. The van der Waals surface area contributed by atoms with Crippen molar-refractivity contribution < 1.29 is 4.74 Å². The smallest absolute Gasteiger partial charge is 0.213 e. The summed E-state index contributed by atoms with van der Waals surface area (Å²) in [4.78, 5) is 8.43. The van der Waals surface area contributed by atoms with Gasteiger partial charge in [-0.2, -0.15) is 0 Å². The Bertz CT molecular complexity index is 548. The molecule has 0 unspecified atom stereocenters. The van der Waals surface area contributed by atoms with Crippen molar-refractivity contribution in [2.24, 2.45) is 0 Å². The zero-order valence-corrected chi connectivity index (χ0v) is 12.9. The Morgan fingerprint density at radius 2 is 2.00 bits per heavy atom. The van der Waals surface area contributed by atoms with E-state index in [1.165, 1.54) is 5.56 Å². The van der Waals surface area contributed by atoms with E-state index in [1.807, 2.05) is 43.6 Å². The number of pyridine rings is 2. The number of aromatic nitrogens is 2. The molecule has 2 aromatic heterocycles. The van der Waals surface area contributed by atoms with Gasteiger partial charge in [0, 0.05) is 25.0 Å². The highest BCUT2D eigenvalue weighted by Crippen LogP contribution is 2.18. The van der Waals surface area contributed by atoms with E-state index in [1.54, 1.807) is 0 Å². The number of rotatable bonds is 8. The van der Waals surface area contributed by atoms with Crippen LogP contribution >= 0.6 is 11.6 Å². The van der Waals surface area contributed by atoms with Crippen LogP contribution in [0, 0.1) is 0 Å². The second kappa shape index (κ2) is 8.60. The van der Waals surface area contributed by atoms with Crippen molar-refractivity contribution in [3.8, 4) is 5.88 Å². The van der Waals surface area contributed by atoms with Gasteiger partial charge < -0.3 is 10.1 Å². The van der Waals surface area contributed by atoms with Crippen LogP contribution in [-0.4, -0.2) is 23.1 Å². The third kappa shape index (κ3) is 5.33. The second-order valence-electron chi connectivity index (χ2n) is 4.67. The lowest BCUT2D eigenvalue weighted by atomic mass is 10.1. The van der Waals surface area contributed by atoms with Crippen molar-refractivity contribution in [1.29, 1.82) is 0 Å². The zero-order chi connectivity index (χ0) is 14.9. The Labute approximate surface area is 130 Å². The highest BCUT2D eigenvalue weighted by molar-refractivity contribution is 6.31. The van der Waals surface area contributed by atoms with Crippen LogP contribution in [0.1, 0.15) is 24.6 Å². The molecule has 1 N–H and O–H groups in total. The van der Waals surface area contributed by atoms with Crippen LogP contribution in [0.4, 0.5) is 0 Å². The molecule has 0 bridgehead atoms. The van der Waals surface area contributed by atoms with Crippen molar-refractivity contribution in [1.82, 2.24) is 15.3 Å². The predicted molar refractivity (Wildman–Crippen MR) is 84.7 cm³/mol. The molecule has 112 valence electrons. The minimum atomic E-state index is 0.627. The summed E-state index contributed by atoms with van der Waals surface area (Å²) in [5, 5.41) is 3.88. The number of hydrogen-bond acceptors (Lipinski definition) is 4. The monoisotopic (exact) mass is 305 g/mol. The largest absolute Gasteiger partial charge is 0.478 e. The Morgan fingerprint density at radius 1 is 1.19 bits per heavy atom. The van der Waals surface area contributed by atoms with Gasteiger partial charge in [-0.15, -0.1) is 0 Å². The summed E-state index contributed by atoms with van der Waals surface area (Å²) in [5.74, 6) is 0.627. The minimum absolute atomic E-state index is 0.627. The number of nitrogens with one attached hydrogen (secondary N) is 1. The van der Waals surface area contributed by atoms with Gasteiger partial charge in [0.2, 0.25) is 5.88 Å². The van der Waals surface area contributed by atoms with Gasteiger partial charge in [0.25, 0.3) is 0 Å². The highest BCUT2D eigenvalue weighted by atomic mass is 35.5. The summed E-state index contributed by atoms with van der Waals surface area (Å²) in [6, 6.07) is 7.69. The van der Waals surface area contributed by atoms with Crippen molar-refractivity contribution >= 4 is 11.6 Å². The number of ether oxygens (including phenoxy) is 1. The first-order chi connectivity index (χ1) is 10.3. The lowest BCUT2D eigenvalue weighted by Crippen LogP contribution is -2.13. The van der Waals surface area contributed by atoms with Crippen molar-refractivity contribution in [3.63, 3.8) is 0 Å². The topological polar surface area (TPSA) is 47.0 Å². The first-order valence-corrected chi connectivity index (χ1v) is 7.55. The fourth-order valence-corrected chi connectivity index (χ4v) is 2.09. The first-order valence-electron chi connectivity index (χ1n) is 7.17. The SMILES string of the molecule is CCNCc1nc(OCCCc2ccncc2)ccc1Cl. The molecule has 0 saturated heterocycles. The van der Waals surface area contributed by atoms with E-state index >= 15 is 0 Å². The van der Waals surface area contributed by atoms with Crippen molar-refractivity contribution in [2.75, 3.05) is 13.2 Å². The molecule has 0 saturated carbocycles.